The number of rotatable bonds is 6. The normalized spacial score (nSPS) is 10.6. The zero-order valence-corrected chi connectivity index (χ0v) is 12.5. The van der Waals surface area contributed by atoms with Gasteiger partial charge in [0.15, 0.2) is 0 Å². The van der Waals surface area contributed by atoms with Crippen LogP contribution in [0.1, 0.15) is 25.8 Å². The van der Waals surface area contributed by atoms with E-state index in [1.807, 2.05) is 19.1 Å². The van der Waals surface area contributed by atoms with Crippen LogP contribution in [0.4, 0.5) is 0 Å². The molecule has 0 saturated carbocycles. The molecule has 20 heavy (non-hydrogen) atoms. The maximum Gasteiger partial charge on any atom is 0.217 e. The lowest BCUT2D eigenvalue weighted by Crippen LogP contribution is -1.98. The van der Waals surface area contributed by atoms with E-state index in [9.17, 15) is 0 Å². The summed E-state index contributed by atoms with van der Waals surface area (Å²) in [6, 6.07) is 5.87. The zero-order chi connectivity index (χ0) is 14.5. The number of methoxy groups -OCH3 is 2. The summed E-state index contributed by atoms with van der Waals surface area (Å²) in [6.45, 7) is 4.66. The van der Waals surface area contributed by atoms with Crippen LogP contribution in [0.2, 0.25) is 0 Å². The van der Waals surface area contributed by atoms with Crippen LogP contribution in [0.5, 0.6) is 17.4 Å². The van der Waals surface area contributed by atoms with Crippen LogP contribution in [0.25, 0.3) is 10.9 Å². The van der Waals surface area contributed by atoms with E-state index in [2.05, 4.69) is 18.0 Å². The molecule has 0 N–H and O–H groups in total. The molecule has 0 aliphatic carbocycles. The lowest BCUT2D eigenvalue weighted by molar-refractivity contribution is 0.324. The highest BCUT2D eigenvalue weighted by molar-refractivity contribution is 5.88. The minimum Gasteiger partial charge on any atom is -0.496 e. The van der Waals surface area contributed by atoms with E-state index in [0.717, 1.165) is 35.2 Å². The van der Waals surface area contributed by atoms with Gasteiger partial charge in [0.25, 0.3) is 0 Å². The van der Waals surface area contributed by atoms with Gasteiger partial charge in [0.1, 0.15) is 11.5 Å². The maximum atomic E-state index is 5.48. The molecule has 1 heterocycles. The Balaban J connectivity index is 2.63. The number of hydrogen-bond acceptors (Lipinski definition) is 4. The van der Waals surface area contributed by atoms with E-state index >= 15 is 0 Å². The number of nitrogens with zero attached hydrogens (tertiary/aromatic N) is 1. The molecule has 108 valence electrons. The summed E-state index contributed by atoms with van der Waals surface area (Å²) in [4.78, 5) is 4.50. The van der Waals surface area contributed by atoms with Crippen molar-refractivity contribution in [3.8, 4) is 17.4 Å². The Morgan fingerprint density at radius 1 is 1.00 bits per heavy atom. The number of aryl methyl sites for hydroxylation is 1. The second-order valence-electron chi connectivity index (χ2n) is 4.53. The van der Waals surface area contributed by atoms with Gasteiger partial charge in [-0.2, -0.15) is 0 Å². The molecule has 1 aromatic carbocycles. The van der Waals surface area contributed by atoms with Gasteiger partial charge in [-0.1, -0.05) is 13.3 Å². The second-order valence-corrected chi connectivity index (χ2v) is 4.53. The van der Waals surface area contributed by atoms with Crippen LogP contribution in [-0.2, 0) is 6.42 Å². The summed E-state index contributed by atoms with van der Waals surface area (Å²) >= 11 is 0. The van der Waals surface area contributed by atoms with E-state index in [-0.39, 0.29) is 0 Å². The molecule has 0 unspecified atom stereocenters. The lowest BCUT2D eigenvalue weighted by Gasteiger charge is -2.13. The Labute approximate surface area is 119 Å². The van der Waals surface area contributed by atoms with Crippen molar-refractivity contribution >= 4 is 10.9 Å². The van der Waals surface area contributed by atoms with Crippen LogP contribution in [0.3, 0.4) is 0 Å². The van der Waals surface area contributed by atoms with E-state index < -0.39 is 0 Å². The third kappa shape index (κ3) is 2.79. The molecule has 0 fully saturated rings. The molecule has 0 amide bonds. The fourth-order valence-corrected chi connectivity index (χ4v) is 2.29. The first kappa shape index (κ1) is 14.4. The number of aromatic nitrogens is 1. The minimum absolute atomic E-state index is 0.571. The monoisotopic (exact) mass is 275 g/mol. The van der Waals surface area contributed by atoms with Crippen molar-refractivity contribution in [2.24, 2.45) is 0 Å². The first-order valence-corrected chi connectivity index (χ1v) is 6.91. The van der Waals surface area contributed by atoms with Gasteiger partial charge in [-0.15, -0.1) is 0 Å². The molecule has 4 heteroatoms. The molecule has 0 aliphatic heterocycles. The van der Waals surface area contributed by atoms with Crippen molar-refractivity contribution in [3.63, 3.8) is 0 Å². The van der Waals surface area contributed by atoms with Gasteiger partial charge in [0.2, 0.25) is 5.88 Å². The van der Waals surface area contributed by atoms with E-state index in [4.69, 9.17) is 14.2 Å². The van der Waals surface area contributed by atoms with Gasteiger partial charge in [-0.3, -0.25) is 0 Å². The summed E-state index contributed by atoms with van der Waals surface area (Å²) in [6.07, 6.45) is 2.03. The average molecular weight is 275 g/mol. The Bertz CT molecular complexity index is 596. The van der Waals surface area contributed by atoms with Gasteiger partial charge < -0.3 is 14.2 Å². The summed E-state index contributed by atoms with van der Waals surface area (Å²) in [7, 11) is 3.35. The van der Waals surface area contributed by atoms with Crippen LogP contribution < -0.4 is 14.2 Å². The standard InChI is InChI=1S/C16H21NO3/c1-5-7-11-8-12-13(9-14(11)18-3)17-16(20-6-2)10-15(12)19-4/h8-10H,5-7H2,1-4H3. The van der Waals surface area contributed by atoms with Crippen molar-refractivity contribution in [2.75, 3.05) is 20.8 Å². The first-order chi connectivity index (χ1) is 9.73. The first-order valence-electron chi connectivity index (χ1n) is 6.91. The molecule has 0 saturated heterocycles. The number of benzene rings is 1. The van der Waals surface area contributed by atoms with E-state index in [0.29, 0.717) is 12.5 Å². The van der Waals surface area contributed by atoms with Gasteiger partial charge >= 0.3 is 0 Å². The molecule has 1 aromatic heterocycles. The molecule has 2 aromatic rings. The molecule has 4 nitrogen and oxygen atoms in total. The molecule has 0 atom stereocenters. The summed E-state index contributed by atoms with van der Waals surface area (Å²) in [5.41, 5.74) is 2.00. The molecular formula is C16H21NO3. The topological polar surface area (TPSA) is 40.6 Å². The summed E-state index contributed by atoms with van der Waals surface area (Å²) in [5, 5.41) is 0.986. The largest absolute Gasteiger partial charge is 0.496 e. The number of ether oxygens (including phenoxy) is 3. The smallest absolute Gasteiger partial charge is 0.217 e. The number of hydrogen-bond donors (Lipinski definition) is 0. The molecule has 0 radical (unpaired) electrons. The lowest BCUT2D eigenvalue weighted by atomic mass is 10.0. The third-order valence-corrected chi connectivity index (χ3v) is 3.18. The minimum atomic E-state index is 0.571. The predicted octanol–water partition coefficient (Wildman–Crippen LogP) is 3.60. The Kier molecular flexibility index (Phi) is 4.66. The van der Waals surface area contributed by atoms with Crippen molar-refractivity contribution < 1.29 is 14.2 Å². The Morgan fingerprint density at radius 2 is 1.75 bits per heavy atom. The van der Waals surface area contributed by atoms with Crippen LogP contribution in [0.15, 0.2) is 18.2 Å². The van der Waals surface area contributed by atoms with E-state index in [1.54, 1.807) is 14.2 Å². The highest BCUT2D eigenvalue weighted by Gasteiger charge is 2.12. The van der Waals surface area contributed by atoms with Crippen LogP contribution in [-0.4, -0.2) is 25.8 Å². The second kappa shape index (κ2) is 6.46. The van der Waals surface area contributed by atoms with Crippen molar-refractivity contribution in [1.29, 1.82) is 0 Å². The SMILES string of the molecule is CCCc1cc2c(OC)cc(OCC)nc2cc1OC. The van der Waals surface area contributed by atoms with Gasteiger partial charge in [0, 0.05) is 17.5 Å². The summed E-state index contributed by atoms with van der Waals surface area (Å²) < 4.78 is 16.4. The van der Waals surface area contributed by atoms with Gasteiger partial charge in [-0.25, -0.2) is 4.98 Å². The Morgan fingerprint density at radius 3 is 2.35 bits per heavy atom. The van der Waals surface area contributed by atoms with Crippen LogP contribution >= 0.6 is 0 Å². The molecule has 2 rings (SSSR count). The number of fused-ring (bicyclic) bond motifs is 1. The van der Waals surface area contributed by atoms with Crippen molar-refractivity contribution in [2.45, 2.75) is 26.7 Å². The van der Waals surface area contributed by atoms with Gasteiger partial charge in [0.05, 0.1) is 26.3 Å². The highest BCUT2D eigenvalue weighted by Crippen LogP contribution is 2.33. The average Bonchev–Trinajstić information content (AvgIpc) is 2.46. The third-order valence-electron chi connectivity index (χ3n) is 3.18. The van der Waals surface area contributed by atoms with Crippen molar-refractivity contribution in [3.05, 3.63) is 23.8 Å². The summed E-state index contributed by atoms with van der Waals surface area (Å²) in [5.74, 6) is 2.21. The van der Waals surface area contributed by atoms with Gasteiger partial charge in [-0.05, 0) is 25.0 Å². The maximum absolute atomic E-state index is 5.48. The Hall–Kier alpha value is -1.97. The molecule has 0 spiro atoms. The quantitative estimate of drug-likeness (QED) is 0.807. The molecule has 0 bridgehead atoms. The molecular weight excluding hydrogens is 254 g/mol. The van der Waals surface area contributed by atoms with Crippen LogP contribution in [0, 0.1) is 0 Å². The highest BCUT2D eigenvalue weighted by atomic mass is 16.5. The molecule has 0 aliphatic rings. The zero-order valence-electron chi connectivity index (χ0n) is 12.5. The predicted molar refractivity (Wildman–Crippen MR) is 80.0 cm³/mol. The fourth-order valence-electron chi connectivity index (χ4n) is 2.29. The van der Waals surface area contributed by atoms with E-state index in [1.165, 1.54) is 5.56 Å². The van der Waals surface area contributed by atoms with Crippen molar-refractivity contribution in [1.82, 2.24) is 4.98 Å². The fraction of sp³-hybridized carbons (Fsp3) is 0.438. The number of pyridine rings is 1.